The molecule has 1 aliphatic heterocycles. The number of unbranched alkanes of at least 4 members (excludes halogenated alkanes) is 1. The molecule has 0 aromatic carbocycles. The van der Waals surface area contributed by atoms with E-state index >= 15 is 0 Å². The van der Waals surface area contributed by atoms with Gasteiger partial charge >= 0.3 is 0 Å². The lowest BCUT2D eigenvalue weighted by Crippen LogP contribution is -2.50. The molecule has 1 aliphatic rings. The summed E-state index contributed by atoms with van der Waals surface area (Å²) in [6, 6.07) is 0. The van der Waals surface area contributed by atoms with Crippen LogP contribution in [0, 0.1) is 11.8 Å². The predicted octanol–water partition coefficient (Wildman–Crippen LogP) is 4.16. The first-order valence-corrected chi connectivity index (χ1v) is 7.04. The molecule has 4 atom stereocenters. The molecule has 1 heterocycles. The van der Waals surface area contributed by atoms with Gasteiger partial charge in [-0.1, -0.05) is 46.3 Å². The maximum Gasteiger partial charge on any atom is 0.174 e. The predicted molar refractivity (Wildman–Crippen MR) is 71.9 cm³/mol. The van der Waals surface area contributed by atoms with Crippen LogP contribution in [0.2, 0.25) is 0 Å². The summed E-state index contributed by atoms with van der Waals surface area (Å²) in [4.78, 5) is 0. The molecule has 17 heavy (non-hydrogen) atoms. The van der Waals surface area contributed by atoms with Gasteiger partial charge in [-0.3, -0.25) is 0 Å². The minimum Gasteiger partial charge on any atom is -0.349 e. The fraction of sp³-hybridized carbons (Fsp3) is 0.867. The van der Waals surface area contributed by atoms with E-state index in [0.29, 0.717) is 11.8 Å². The molecule has 0 spiro atoms. The molecule has 1 rings (SSSR count). The fourth-order valence-electron chi connectivity index (χ4n) is 2.23. The Morgan fingerprint density at radius 1 is 1.35 bits per heavy atom. The molecular weight excluding hydrogens is 212 g/mol. The average molecular weight is 240 g/mol. The summed E-state index contributed by atoms with van der Waals surface area (Å²) in [6.07, 6.45) is 8.01. The van der Waals surface area contributed by atoms with Gasteiger partial charge in [0, 0.05) is 11.8 Å². The van der Waals surface area contributed by atoms with Crippen molar-refractivity contribution in [1.29, 1.82) is 0 Å². The van der Waals surface area contributed by atoms with Crippen LogP contribution < -0.4 is 0 Å². The van der Waals surface area contributed by atoms with Gasteiger partial charge in [0.25, 0.3) is 0 Å². The zero-order valence-electron chi connectivity index (χ0n) is 12.0. The van der Waals surface area contributed by atoms with Crippen molar-refractivity contribution in [1.82, 2.24) is 0 Å². The van der Waals surface area contributed by atoms with Crippen molar-refractivity contribution in [2.24, 2.45) is 11.8 Å². The van der Waals surface area contributed by atoms with Gasteiger partial charge in [-0.2, -0.15) is 0 Å². The monoisotopic (exact) mass is 240 g/mol. The summed E-state index contributed by atoms with van der Waals surface area (Å²) in [5, 5.41) is 0. The molecule has 0 N–H and O–H groups in total. The van der Waals surface area contributed by atoms with Crippen LogP contribution in [0.15, 0.2) is 12.2 Å². The highest BCUT2D eigenvalue weighted by atomic mass is 16.7. The van der Waals surface area contributed by atoms with E-state index in [0.717, 1.165) is 19.4 Å². The van der Waals surface area contributed by atoms with E-state index in [1.165, 1.54) is 6.42 Å². The first-order valence-electron chi connectivity index (χ1n) is 7.04. The van der Waals surface area contributed by atoms with Crippen molar-refractivity contribution in [3.8, 4) is 0 Å². The minimum atomic E-state index is -0.407. The van der Waals surface area contributed by atoms with Crippen LogP contribution in [0.5, 0.6) is 0 Å². The summed E-state index contributed by atoms with van der Waals surface area (Å²) in [7, 11) is 0. The summed E-state index contributed by atoms with van der Waals surface area (Å²) >= 11 is 0. The van der Waals surface area contributed by atoms with Crippen LogP contribution in [-0.4, -0.2) is 18.5 Å². The van der Waals surface area contributed by atoms with Crippen molar-refractivity contribution in [3.05, 3.63) is 12.2 Å². The lowest BCUT2D eigenvalue weighted by molar-refractivity contribution is -0.321. The van der Waals surface area contributed by atoms with Gasteiger partial charge in [0.1, 0.15) is 0 Å². The van der Waals surface area contributed by atoms with E-state index in [1.807, 2.05) is 0 Å². The van der Waals surface area contributed by atoms with E-state index in [9.17, 15) is 0 Å². The number of allylic oxidation sites excluding steroid dienone is 1. The third-order valence-electron chi connectivity index (χ3n) is 3.84. The Morgan fingerprint density at radius 2 is 2.06 bits per heavy atom. The highest BCUT2D eigenvalue weighted by molar-refractivity contribution is 4.95. The highest BCUT2D eigenvalue weighted by Gasteiger charge is 2.41. The number of hydrogen-bond acceptors (Lipinski definition) is 2. The van der Waals surface area contributed by atoms with E-state index in [4.69, 9.17) is 9.47 Å². The topological polar surface area (TPSA) is 18.5 Å². The Hall–Kier alpha value is -0.340. The minimum absolute atomic E-state index is 0.283. The lowest BCUT2D eigenvalue weighted by Gasteiger charge is -2.45. The molecule has 0 aromatic heterocycles. The van der Waals surface area contributed by atoms with Crippen molar-refractivity contribution >= 4 is 0 Å². The molecule has 1 saturated heterocycles. The second-order valence-electron chi connectivity index (χ2n) is 5.28. The highest BCUT2D eigenvalue weighted by Crippen LogP contribution is 2.36. The quantitative estimate of drug-likeness (QED) is 0.672. The van der Waals surface area contributed by atoms with Crippen LogP contribution in [0.4, 0.5) is 0 Å². The molecule has 0 aliphatic carbocycles. The fourth-order valence-corrected chi connectivity index (χ4v) is 2.23. The maximum atomic E-state index is 6.15. The van der Waals surface area contributed by atoms with Gasteiger partial charge in [-0.05, 0) is 19.8 Å². The van der Waals surface area contributed by atoms with Gasteiger partial charge in [0.15, 0.2) is 5.79 Å². The van der Waals surface area contributed by atoms with E-state index < -0.39 is 5.79 Å². The Labute approximate surface area is 106 Å². The number of rotatable bonds is 5. The van der Waals surface area contributed by atoms with E-state index in [-0.39, 0.29) is 6.10 Å². The largest absolute Gasteiger partial charge is 0.349 e. The van der Waals surface area contributed by atoms with Gasteiger partial charge in [0.05, 0.1) is 12.7 Å². The maximum absolute atomic E-state index is 6.15. The number of ether oxygens (including phenoxy) is 2. The molecular formula is C15H28O2. The zero-order valence-corrected chi connectivity index (χ0v) is 12.0. The van der Waals surface area contributed by atoms with Crippen molar-refractivity contribution in [2.75, 3.05) is 6.61 Å². The third-order valence-corrected chi connectivity index (χ3v) is 3.84. The van der Waals surface area contributed by atoms with Crippen LogP contribution in [-0.2, 0) is 9.47 Å². The normalized spacial score (nSPS) is 36.3. The van der Waals surface area contributed by atoms with Crippen molar-refractivity contribution in [2.45, 2.75) is 65.8 Å². The molecule has 2 nitrogen and oxygen atoms in total. The third kappa shape index (κ3) is 3.56. The Balaban J connectivity index is 2.68. The van der Waals surface area contributed by atoms with Gasteiger partial charge in [-0.25, -0.2) is 0 Å². The summed E-state index contributed by atoms with van der Waals surface area (Å²) in [6.45, 7) is 11.7. The lowest BCUT2D eigenvalue weighted by atomic mass is 9.93. The van der Waals surface area contributed by atoms with Gasteiger partial charge in [-0.15, -0.1) is 0 Å². The van der Waals surface area contributed by atoms with Gasteiger partial charge < -0.3 is 9.47 Å². The molecule has 0 amide bonds. The molecule has 0 bridgehead atoms. The first-order chi connectivity index (χ1) is 8.05. The summed E-state index contributed by atoms with van der Waals surface area (Å²) < 4.78 is 12.2. The van der Waals surface area contributed by atoms with Gasteiger partial charge in [0.2, 0.25) is 0 Å². The Kier molecular flexibility index (Phi) is 5.68. The summed E-state index contributed by atoms with van der Waals surface area (Å²) in [5.41, 5.74) is 0. The van der Waals surface area contributed by atoms with Crippen LogP contribution in [0.1, 0.15) is 53.9 Å². The standard InChI is InChI=1S/C15H28O2/c1-6-8-9-10-13(4)15(7-2)16-11-12(3)14(5)17-15/h9-10,12-14H,6-8,11H2,1-5H3/b10-9+/t12-,13-,14+,15?/m0/s1. The van der Waals surface area contributed by atoms with E-state index in [2.05, 4.69) is 46.8 Å². The second kappa shape index (κ2) is 6.55. The zero-order chi connectivity index (χ0) is 12.9. The van der Waals surface area contributed by atoms with Crippen molar-refractivity contribution in [3.63, 3.8) is 0 Å². The summed E-state index contributed by atoms with van der Waals surface area (Å²) in [5.74, 6) is 0.395. The molecule has 1 unspecified atom stereocenters. The molecule has 100 valence electrons. The molecule has 0 aromatic rings. The van der Waals surface area contributed by atoms with E-state index in [1.54, 1.807) is 0 Å². The van der Waals surface area contributed by atoms with Crippen molar-refractivity contribution < 1.29 is 9.47 Å². The number of hydrogen-bond donors (Lipinski definition) is 0. The molecule has 2 heteroatoms. The Bertz CT molecular complexity index is 249. The van der Waals surface area contributed by atoms with Crippen LogP contribution in [0.25, 0.3) is 0 Å². The Morgan fingerprint density at radius 3 is 2.59 bits per heavy atom. The molecule has 1 fully saturated rings. The molecule has 0 saturated carbocycles. The average Bonchev–Trinajstić information content (AvgIpc) is 2.33. The van der Waals surface area contributed by atoms with Crippen LogP contribution in [0.3, 0.4) is 0 Å². The smallest absolute Gasteiger partial charge is 0.174 e. The SMILES string of the molecule is CCC/C=C/[C@H](C)C1(CC)OC[C@H](C)[C@@H](C)O1. The first kappa shape index (κ1) is 14.7. The van der Waals surface area contributed by atoms with Crippen LogP contribution >= 0.6 is 0 Å². The second-order valence-corrected chi connectivity index (χ2v) is 5.28. The molecule has 0 radical (unpaired) electrons.